The molecule has 1 aliphatic rings. The fourth-order valence-electron chi connectivity index (χ4n) is 3.40. The molecule has 0 bridgehead atoms. The van der Waals surface area contributed by atoms with E-state index in [1.54, 1.807) is 28.6 Å². The number of anilines is 1. The highest BCUT2D eigenvalue weighted by molar-refractivity contribution is 8.04. The molecule has 1 N–H and O–H groups in total. The van der Waals surface area contributed by atoms with E-state index >= 15 is 0 Å². The van der Waals surface area contributed by atoms with Gasteiger partial charge < -0.3 is 5.11 Å². The molecule has 0 aliphatic heterocycles. The molecule has 1 aromatic heterocycles. The molecule has 32 heavy (non-hydrogen) atoms. The first-order chi connectivity index (χ1) is 15.2. The van der Waals surface area contributed by atoms with Gasteiger partial charge in [-0.2, -0.15) is 13.2 Å². The highest BCUT2D eigenvalue weighted by Gasteiger charge is 2.34. The third-order valence-corrected chi connectivity index (χ3v) is 7.21. The van der Waals surface area contributed by atoms with Crippen LogP contribution in [0.15, 0.2) is 65.6 Å². The molecule has 0 unspecified atom stereocenters. The Morgan fingerprint density at radius 1 is 1.16 bits per heavy atom. The van der Waals surface area contributed by atoms with E-state index in [-0.39, 0.29) is 17.7 Å². The molecule has 1 heterocycles. The molecule has 2 aromatic carbocycles. The zero-order chi connectivity index (χ0) is 22.9. The number of hydrogen-bond donors (Lipinski definition) is 1. The number of rotatable bonds is 6. The third-order valence-electron chi connectivity index (χ3n) is 4.86. The molecule has 0 radical (unpaired) electrons. The summed E-state index contributed by atoms with van der Waals surface area (Å²) in [5.74, 6) is -2.46. The van der Waals surface area contributed by atoms with E-state index in [0.717, 1.165) is 34.6 Å². The van der Waals surface area contributed by atoms with Crippen LogP contribution in [-0.2, 0) is 12.7 Å². The van der Waals surface area contributed by atoms with Gasteiger partial charge in [-0.3, -0.25) is 4.31 Å². The van der Waals surface area contributed by atoms with Crippen molar-refractivity contribution in [1.82, 2.24) is 0 Å². The molecular formula is C23H17F4NO2S2. The van der Waals surface area contributed by atoms with Crippen molar-refractivity contribution < 1.29 is 27.5 Å². The van der Waals surface area contributed by atoms with Crippen LogP contribution >= 0.6 is 23.3 Å². The Morgan fingerprint density at radius 3 is 2.62 bits per heavy atom. The molecule has 0 saturated carbocycles. The number of fused-ring (bicyclic) bond motifs is 1. The van der Waals surface area contributed by atoms with Crippen LogP contribution in [0, 0.1) is 5.82 Å². The lowest BCUT2D eigenvalue weighted by molar-refractivity contribution is -0.140. The summed E-state index contributed by atoms with van der Waals surface area (Å²) in [7, 11) is 0. The van der Waals surface area contributed by atoms with E-state index in [1.807, 2.05) is 18.2 Å². The number of carboxylic acids is 1. The number of benzene rings is 2. The lowest BCUT2D eigenvalue weighted by atomic mass is 10.1. The Morgan fingerprint density at radius 2 is 1.94 bits per heavy atom. The van der Waals surface area contributed by atoms with Gasteiger partial charge in [-0.1, -0.05) is 42.5 Å². The van der Waals surface area contributed by atoms with Crippen molar-refractivity contribution in [3.63, 3.8) is 0 Å². The minimum atomic E-state index is -4.82. The Kier molecular flexibility index (Phi) is 6.30. The monoisotopic (exact) mass is 479 g/mol. The minimum absolute atomic E-state index is 0.0354. The van der Waals surface area contributed by atoms with Crippen molar-refractivity contribution in [3.05, 3.63) is 88.1 Å². The summed E-state index contributed by atoms with van der Waals surface area (Å²) in [4.78, 5) is 13.0. The Labute approximate surface area is 189 Å². The van der Waals surface area contributed by atoms with Crippen LogP contribution in [0.1, 0.15) is 34.3 Å². The molecule has 0 atom stereocenters. The summed E-state index contributed by atoms with van der Waals surface area (Å²) in [6.45, 7) is -0.0354. The first-order valence-corrected chi connectivity index (χ1v) is 11.3. The molecule has 0 amide bonds. The van der Waals surface area contributed by atoms with Gasteiger partial charge in [-0.25, -0.2) is 9.18 Å². The summed E-state index contributed by atoms with van der Waals surface area (Å²) in [5.41, 5.74) is -1.02. The van der Waals surface area contributed by atoms with Gasteiger partial charge in [-0.15, -0.1) is 11.3 Å². The summed E-state index contributed by atoms with van der Waals surface area (Å²) in [6, 6.07) is 9.92. The quantitative estimate of drug-likeness (QED) is 0.291. The van der Waals surface area contributed by atoms with E-state index in [9.17, 15) is 27.5 Å². The number of carboxylic acid groups (broad SMARTS) is 1. The minimum Gasteiger partial charge on any atom is -0.478 e. The maximum absolute atomic E-state index is 13.8. The van der Waals surface area contributed by atoms with Gasteiger partial charge in [0.25, 0.3) is 0 Å². The summed E-state index contributed by atoms with van der Waals surface area (Å²) in [6.07, 6.45) is 2.78. The maximum Gasteiger partial charge on any atom is 0.419 e. The molecule has 166 valence electrons. The standard InChI is InChI=1S/C23H17F4NO2S2/c24-18-11-10-14(12-17(18)23(25,26)27)13-28(32-15-6-2-1-3-7-15)21-20(22(29)30)16-8-4-5-9-19(16)31-21/h2,4-12H,1,3,13H2,(H,29,30). The van der Waals surface area contributed by atoms with Crippen LogP contribution in [0.4, 0.5) is 22.6 Å². The Bertz CT molecular complexity index is 1230. The second kappa shape index (κ2) is 8.99. The van der Waals surface area contributed by atoms with Crippen LogP contribution in [0.5, 0.6) is 0 Å². The second-order valence-corrected chi connectivity index (χ2v) is 9.23. The van der Waals surface area contributed by atoms with Gasteiger partial charge in [-0.05, 0) is 48.6 Å². The average molecular weight is 480 g/mol. The average Bonchev–Trinajstić information content (AvgIpc) is 3.14. The van der Waals surface area contributed by atoms with Crippen molar-refractivity contribution in [3.8, 4) is 0 Å². The van der Waals surface area contributed by atoms with Gasteiger partial charge in [0.15, 0.2) is 0 Å². The Balaban J connectivity index is 1.80. The molecule has 9 heteroatoms. The van der Waals surface area contributed by atoms with Crippen molar-refractivity contribution >= 4 is 44.3 Å². The van der Waals surface area contributed by atoms with Gasteiger partial charge in [0.1, 0.15) is 16.4 Å². The van der Waals surface area contributed by atoms with E-state index in [2.05, 4.69) is 0 Å². The number of alkyl halides is 3. The van der Waals surface area contributed by atoms with Crippen LogP contribution < -0.4 is 4.31 Å². The molecule has 1 aliphatic carbocycles. The van der Waals surface area contributed by atoms with Gasteiger partial charge in [0, 0.05) is 15.0 Å². The van der Waals surface area contributed by atoms with Gasteiger partial charge in [0.2, 0.25) is 0 Å². The third kappa shape index (κ3) is 4.68. The SMILES string of the molecule is O=C(O)c1c(N(Cc2ccc(F)c(C(F)(F)F)c2)SC2=CCCC=C2)sc2ccccc12. The van der Waals surface area contributed by atoms with Crippen LogP contribution in [0.25, 0.3) is 10.1 Å². The van der Waals surface area contributed by atoms with Crippen LogP contribution in [-0.4, -0.2) is 11.1 Å². The first-order valence-electron chi connectivity index (χ1n) is 9.66. The largest absolute Gasteiger partial charge is 0.478 e. The molecular weight excluding hydrogens is 462 g/mol. The van der Waals surface area contributed by atoms with Crippen LogP contribution in [0.2, 0.25) is 0 Å². The van der Waals surface area contributed by atoms with Gasteiger partial charge in [0.05, 0.1) is 12.1 Å². The molecule has 0 spiro atoms. The number of hydrogen-bond acceptors (Lipinski definition) is 4. The summed E-state index contributed by atoms with van der Waals surface area (Å²) in [5, 5.41) is 10.9. The highest BCUT2D eigenvalue weighted by Crippen LogP contribution is 2.44. The van der Waals surface area contributed by atoms with Gasteiger partial charge >= 0.3 is 12.1 Å². The Hall–Kier alpha value is -2.78. The lowest BCUT2D eigenvalue weighted by Crippen LogP contribution is -2.17. The molecule has 0 saturated heterocycles. The number of carbonyl (C=O) groups is 1. The predicted octanol–water partition coefficient (Wildman–Crippen LogP) is 7.65. The van der Waals surface area contributed by atoms with E-state index in [0.29, 0.717) is 10.4 Å². The molecule has 3 aromatic rings. The zero-order valence-electron chi connectivity index (χ0n) is 16.5. The van der Waals surface area contributed by atoms with Crippen molar-refractivity contribution in [2.45, 2.75) is 25.6 Å². The first kappa shape index (κ1) is 22.4. The second-order valence-electron chi connectivity index (χ2n) is 7.11. The van der Waals surface area contributed by atoms with Crippen molar-refractivity contribution in [2.75, 3.05) is 4.31 Å². The normalized spacial score (nSPS) is 13.9. The fourth-order valence-corrected chi connectivity index (χ4v) is 5.71. The number of halogens is 4. The number of aromatic carboxylic acids is 1. The topological polar surface area (TPSA) is 40.5 Å². The summed E-state index contributed by atoms with van der Waals surface area (Å²) < 4.78 is 55.9. The number of nitrogens with zero attached hydrogens (tertiary/aromatic N) is 1. The smallest absolute Gasteiger partial charge is 0.419 e. The zero-order valence-corrected chi connectivity index (χ0v) is 18.2. The molecule has 4 rings (SSSR count). The molecule has 0 fully saturated rings. The van der Waals surface area contributed by atoms with Crippen molar-refractivity contribution in [1.29, 1.82) is 0 Å². The molecule has 3 nitrogen and oxygen atoms in total. The van der Waals surface area contributed by atoms with E-state index in [4.69, 9.17) is 0 Å². The maximum atomic E-state index is 13.8. The highest BCUT2D eigenvalue weighted by atomic mass is 32.2. The van der Waals surface area contributed by atoms with E-state index < -0.39 is 23.5 Å². The number of thiophene rings is 1. The lowest BCUT2D eigenvalue weighted by Gasteiger charge is -2.24. The number of allylic oxidation sites excluding steroid dienone is 3. The summed E-state index contributed by atoms with van der Waals surface area (Å²) >= 11 is 2.52. The van der Waals surface area contributed by atoms with Crippen molar-refractivity contribution in [2.24, 2.45) is 0 Å². The predicted molar refractivity (Wildman–Crippen MR) is 120 cm³/mol. The van der Waals surface area contributed by atoms with E-state index in [1.165, 1.54) is 29.4 Å². The fraction of sp³-hybridized carbons (Fsp3) is 0.174. The van der Waals surface area contributed by atoms with Crippen LogP contribution in [0.3, 0.4) is 0 Å².